The van der Waals surface area contributed by atoms with Crippen LogP contribution in [-0.4, -0.2) is 22.3 Å². The van der Waals surface area contributed by atoms with Crippen molar-refractivity contribution in [3.8, 4) is 11.6 Å². The first-order valence-electron chi connectivity index (χ1n) is 5.67. The topological polar surface area (TPSA) is 70.1 Å². The van der Waals surface area contributed by atoms with Gasteiger partial charge in [0, 0.05) is 6.07 Å². The number of primary amides is 1. The quantitative estimate of drug-likeness (QED) is 0.922. The molecule has 0 unspecified atom stereocenters. The Morgan fingerprint density at radius 3 is 2.65 bits per heavy atom. The van der Waals surface area contributed by atoms with Crippen LogP contribution in [0.15, 0.2) is 47.0 Å². The Morgan fingerprint density at radius 2 is 2.05 bits per heavy atom. The van der Waals surface area contributed by atoms with E-state index in [9.17, 15) is 4.79 Å². The lowest BCUT2D eigenvalue weighted by Gasteiger charge is -2.03. The summed E-state index contributed by atoms with van der Waals surface area (Å²) in [5, 5.41) is 4.18. The number of carbonyl (C=O) groups is 1. The standard InChI is InChI=1S/C13H11Cl2N3O2/c14-11(15)6-7-20-12-8-10(13(16)19)18(17-12)9-4-2-1-3-5-9/h1-6,8H,7H2,(H2,16,19). The number of halogens is 2. The van der Waals surface area contributed by atoms with Crippen molar-refractivity contribution in [3.05, 3.63) is 52.7 Å². The van der Waals surface area contributed by atoms with Gasteiger partial charge in [-0.1, -0.05) is 41.4 Å². The van der Waals surface area contributed by atoms with Crippen LogP contribution in [0.4, 0.5) is 0 Å². The van der Waals surface area contributed by atoms with Gasteiger partial charge < -0.3 is 10.5 Å². The molecule has 2 rings (SSSR count). The van der Waals surface area contributed by atoms with E-state index >= 15 is 0 Å². The molecule has 0 aliphatic carbocycles. The van der Waals surface area contributed by atoms with Crippen molar-refractivity contribution in [1.29, 1.82) is 0 Å². The summed E-state index contributed by atoms with van der Waals surface area (Å²) < 4.78 is 6.84. The Kier molecular flexibility index (Phi) is 4.65. The third-order valence-corrected chi connectivity index (χ3v) is 2.72. The van der Waals surface area contributed by atoms with E-state index in [1.807, 2.05) is 18.2 Å². The minimum atomic E-state index is -0.595. The molecule has 0 fully saturated rings. The third-order valence-electron chi connectivity index (χ3n) is 2.41. The van der Waals surface area contributed by atoms with Gasteiger partial charge in [-0.15, -0.1) is 5.10 Å². The zero-order valence-electron chi connectivity index (χ0n) is 10.3. The summed E-state index contributed by atoms with van der Waals surface area (Å²) in [6, 6.07) is 10.6. The van der Waals surface area contributed by atoms with Gasteiger partial charge >= 0.3 is 0 Å². The lowest BCUT2D eigenvalue weighted by Crippen LogP contribution is -2.16. The van der Waals surface area contributed by atoms with E-state index in [0.717, 1.165) is 0 Å². The monoisotopic (exact) mass is 311 g/mol. The van der Waals surface area contributed by atoms with Gasteiger partial charge in [-0.25, -0.2) is 4.68 Å². The van der Waals surface area contributed by atoms with Crippen LogP contribution < -0.4 is 10.5 Å². The number of aromatic nitrogens is 2. The molecule has 0 saturated carbocycles. The third kappa shape index (κ3) is 3.53. The highest BCUT2D eigenvalue weighted by Crippen LogP contribution is 2.17. The maximum atomic E-state index is 11.4. The summed E-state index contributed by atoms with van der Waals surface area (Å²) in [4.78, 5) is 11.4. The molecular weight excluding hydrogens is 301 g/mol. The van der Waals surface area contributed by atoms with Crippen molar-refractivity contribution in [2.75, 3.05) is 6.61 Å². The first-order chi connectivity index (χ1) is 9.58. The van der Waals surface area contributed by atoms with Crippen molar-refractivity contribution >= 4 is 29.1 Å². The average molecular weight is 312 g/mol. The first-order valence-corrected chi connectivity index (χ1v) is 6.43. The fraction of sp³-hybridized carbons (Fsp3) is 0.0769. The number of benzene rings is 1. The Labute approximate surface area is 125 Å². The maximum Gasteiger partial charge on any atom is 0.267 e. The number of hydrogen-bond donors (Lipinski definition) is 1. The van der Waals surface area contributed by atoms with Crippen molar-refractivity contribution in [1.82, 2.24) is 9.78 Å². The number of nitrogens with zero attached hydrogens (tertiary/aromatic N) is 2. The van der Waals surface area contributed by atoms with Crippen LogP contribution in [0.3, 0.4) is 0 Å². The van der Waals surface area contributed by atoms with E-state index in [1.165, 1.54) is 16.8 Å². The molecule has 7 heteroatoms. The largest absolute Gasteiger partial charge is 0.472 e. The molecule has 20 heavy (non-hydrogen) atoms. The van der Waals surface area contributed by atoms with Gasteiger partial charge in [0.15, 0.2) is 0 Å². The number of carbonyl (C=O) groups excluding carboxylic acids is 1. The van der Waals surface area contributed by atoms with Gasteiger partial charge in [-0.3, -0.25) is 4.79 Å². The van der Waals surface area contributed by atoms with Crippen LogP contribution in [0.2, 0.25) is 0 Å². The number of para-hydroxylation sites is 1. The highest BCUT2D eigenvalue weighted by Gasteiger charge is 2.14. The summed E-state index contributed by atoms with van der Waals surface area (Å²) in [7, 11) is 0. The van der Waals surface area contributed by atoms with Crippen LogP contribution in [0.25, 0.3) is 5.69 Å². The average Bonchev–Trinajstić information content (AvgIpc) is 2.84. The minimum Gasteiger partial charge on any atom is -0.472 e. The summed E-state index contributed by atoms with van der Waals surface area (Å²) in [6.07, 6.45) is 1.47. The molecule has 0 spiro atoms. The number of rotatable bonds is 5. The molecule has 1 heterocycles. The highest BCUT2D eigenvalue weighted by atomic mass is 35.5. The van der Waals surface area contributed by atoms with Crippen molar-refractivity contribution in [3.63, 3.8) is 0 Å². The van der Waals surface area contributed by atoms with Gasteiger partial charge in [-0.2, -0.15) is 0 Å². The van der Waals surface area contributed by atoms with Gasteiger partial charge in [0.1, 0.15) is 16.8 Å². The normalized spacial score (nSPS) is 10.1. The minimum absolute atomic E-state index is 0.0996. The van der Waals surface area contributed by atoms with Crippen LogP contribution in [-0.2, 0) is 0 Å². The summed E-state index contributed by atoms with van der Waals surface area (Å²) in [6.45, 7) is 0.145. The summed E-state index contributed by atoms with van der Waals surface area (Å²) in [5.41, 5.74) is 6.27. The van der Waals surface area contributed by atoms with Crippen LogP contribution >= 0.6 is 23.2 Å². The molecule has 104 valence electrons. The van der Waals surface area contributed by atoms with Gasteiger partial charge in [-0.05, 0) is 18.2 Å². The molecule has 1 amide bonds. The molecule has 0 saturated heterocycles. The zero-order chi connectivity index (χ0) is 14.5. The molecular formula is C13H11Cl2N3O2. The molecule has 2 aromatic rings. The predicted octanol–water partition coefficient (Wildman–Crippen LogP) is 2.67. The molecule has 0 aliphatic rings. The Balaban J connectivity index is 2.30. The molecule has 1 aromatic carbocycles. The van der Waals surface area contributed by atoms with Crippen LogP contribution in [0, 0.1) is 0 Å². The summed E-state index contributed by atoms with van der Waals surface area (Å²) >= 11 is 10.9. The first kappa shape index (κ1) is 14.4. The number of nitrogens with two attached hydrogens (primary N) is 1. The van der Waals surface area contributed by atoms with E-state index in [1.54, 1.807) is 12.1 Å². The molecule has 1 aromatic heterocycles. The fourth-order valence-electron chi connectivity index (χ4n) is 1.56. The number of hydrogen-bond acceptors (Lipinski definition) is 3. The van der Waals surface area contributed by atoms with Gasteiger partial charge in [0.2, 0.25) is 5.88 Å². The van der Waals surface area contributed by atoms with E-state index in [-0.39, 0.29) is 22.7 Å². The van der Waals surface area contributed by atoms with Crippen LogP contribution in [0.5, 0.6) is 5.88 Å². The van der Waals surface area contributed by atoms with E-state index in [2.05, 4.69) is 5.10 Å². The second-order valence-electron chi connectivity index (χ2n) is 3.78. The van der Waals surface area contributed by atoms with Crippen LogP contribution in [0.1, 0.15) is 10.5 Å². The van der Waals surface area contributed by atoms with Gasteiger partial charge in [0.25, 0.3) is 5.91 Å². The molecule has 0 radical (unpaired) electrons. The lowest BCUT2D eigenvalue weighted by atomic mass is 10.3. The second-order valence-corrected chi connectivity index (χ2v) is 4.79. The predicted molar refractivity (Wildman–Crippen MR) is 77.4 cm³/mol. The summed E-state index contributed by atoms with van der Waals surface area (Å²) in [5.74, 6) is -0.337. The maximum absolute atomic E-state index is 11.4. The molecule has 2 N–H and O–H groups in total. The SMILES string of the molecule is NC(=O)c1cc(OCC=C(Cl)Cl)nn1-c1ccccc1. The number of amides is 1. The Bertz CT molecular complexity index is 634. The highest BCUT2D eigenvalue weighted by molar-refractivity contribution is 6.55. The van der Waals surface area contributed by atoms with Crippen molar-refractivity contribution in [2.45, 2.75) is 0 Å². The zero-order valence-corrected chi connectivity index (χ0v) is 11.8. The fourth-order valence-corrected chi connectivity index (χ4v) is 1.69. The number of ether oxygens (including phenoxy) is 1. The second kappa shape index (κ2) is 6.45. The molecule has 0 atom stereocenters. The molecule has 0 aliphatic heterocycles. The Morgan fingerprint density at radius 1 is 1.35 bits per heavy atom. The molecule has 5 nitrogen and oxygen atoms in total. The lowest BCUT2D eigenvalue weighted by molar-refractivity contribution is 0.0993. The Hall–Kier alpha value is -1.98. The van der Waals surface area contributed by atoms with Crippen molar-refractivity contribution in [2.24, 2.45) is 5.73 Å². The van der Waals surface area contributed by atoms with E-state index < -0.39 is 5.91 Å². The smallest absolute Gasteiger partial charge is 0.267 e. The van der Waals surface area contributed by atoms with Gasteiger partial charge in [0.05, 0.1) is 5.69 Å². The van der Waals surface area contributed by atoms with Crippen molar-refractivity contribution < 1.29 is 9.53 Å². The van der Waals surface area contributed by atoms with E-state index in [0.29, 0.717) is 5.69 Å². The van der Waals surface area contributed by atoms with E-state index in [4.69, 9.17) is 33.7 Å². The molecule has 0 bridgehead atoms.